The largest absolute Gasteiger partial charge is 0.464 e. The van der Waals surface area contributed by atoms with E-state index in [4.69, 9.17) is 4.74 Å². The van der Waals surface area contributed by atoms with Crippen LogP contribution >= 0.6 is 23.5 Å². The number of carbonyl (C=O) groups excluding carboxylic acids is 5. The Labute approximate surface area is 291 Å². The third-order valence-electron chi connectivity index (χ3n) is 7.51. The molecule has 3 atom stereocenters. The number of fused-ring (bicyclic) bond motifs is 1. The summed E-state index contributed by atoms with van der Waals surface area (Å²) in [5.41, 5.74) is 4.79. The molecule has 3 rings (SSSR count). The molecule has 1 aliphatic rings. The van der Waals surface area contributed by atoms with Gasteiger partial charge in [-0.2, -0.15) is 0 Å². The van der Waals surface area contributed by atoms with Crippen molar-refractivity contribution in [2.24, 2.45) is 0 Å². The fourth-order valence-corrected chi connectivity index (χ4v) is 7.33. The molecule has 0 aliphatic heterocycles. The maximum Gasteiger partial charge on any atom is 0.328 e. The molecule has 2 aromatic carbocycles. The van der Waals surface area contributed by atoms with E-state index in [9.17, 15) is 32.6 Å². The fraction of sp³-hybridized carbons (Fsp3) is 0.400. The van der Waals surface area contributed by atoms with Crippen LogP contribution in [0.1, 0.15) is 70.1 Å². The summed E-state index contributed by atoms with van der Waals surface area (Å²) in [6.07, 6.45) is 4.18. The molecule has 0 fully saturated rings. The number of esters is 1. The van der Waals surface area contributed by atoms with E-state index in [1.165, 1.54) is 19.1 Å². The van der Waals surface area contributed by atoms with Crippen molar-refractivity contribution in [3.63, 3.8) is 0 Å². The van der Waals surface area contributed by atoms with E-state index in [1.807, 2.05) is 25.1 Å². The predicted molar refractivity (Wildman–Crippen MR) is 191 cm³/mol. The molecular weight excluding hydrogens is 676 g/mol. The molecule has 1 aliphatic carbocycles. The number of hydrogen-bond donors (Lipinski definition) is 2. The second kappa shape index (κ2) is 18.8. The van der Waals surface area contributed by atoms with Crippen LogP contribution in [0.25, 0.3) is 17.2 Å². The summed E-state index contributed by atoms with van der Waals surface area (Å²) in [6.45, 7) is 6.68. The first-order chi connectivity index (χ1) is 22.8. The van der Waals surface area contributed by atoms with E-state index in [1.54, 1.807) is 38.3 Å². The van der Waals surface area contributed by atoms with Crippen molar-refractivity contribution in [2.45, 2.75) is 70.4 Å². The molecular formula is C35H41FN2O7S3. The minimum Gasteiger partial charge on any atom is -0.464 e. The number of hydrogen-bond acceptors (Lipinski definition) is 9. The van der Waals surface area contributed by atoms with Gasteiger partial charge in [-0.25, -0.2) is 9.18 Å². The van der Waals surface area contributed by atoms with Crippen LogP contribution in [0.15, 0.2) is 52.9 Å². The van der Waals surface area contributed by atoms with E-state index >= 15 is 0 Å². The second-order valence-electron chi connectivity index (χ2n) is 11.0. The number of ether oxygens (including phenoxy) is 1. The van der Waals surface area contributed by atoms with Crippen molar-refractivity contribution in [2.75, 3.05) is 24.4 Å². The zero-order valence-electron chi connectivity index (χ0n) is 27.7. The Morgan fingerprint density at radius 3 is 2.23 bits per heavy atom. The molecule has 0 spiro atoms. The Hall–Kier alpha value is -3.55. The highest BCUT2D eigenvalue weighted by Gasteiger charge is 2.27. The number of nitrogens with one attached hydrogen (secondary N) is 2. The molecule has 2 aromatic rings. The van der Waals surface area contributed by atoms with E-state index in [2.05, 4.69) is 10.6 Å². The molecule has 0 bridgehead atoms. The van der Waals surface area contributed by atoms with Crippen LogP contribution in [-0.2, 0) is 39.5 Å². The van der Waals surface area contributed by atoms with Crippen LogP contribution in [0.4, 0.5) is 4.39 Å². The van der Waals surface area contributed by atoms with Crippen molar-refractivity contribution in [3.8, 4) is 0 Å². The summed E-state index contributed by atoms with van der Waals surface area (Å²) in [5, 5.41) is 4.76. The Bertz CT molecular complexity index is 1620. The number of rotatable bonds is 16. The minimum absolute atomic E-state index is 0.0459. The second-order valence-corrected chi connectivity index (χ2v) is 14.6. The lowest BCUT2D eigenvalue weighted by Crippen LogP contribution is -2.42. The van der Waals surface area contributed by atoms with Gasteiger partial charge in [-0.1, -0.05) is 48.6 Å². The van der Waals surface area contributed by atoms with Gasteiger partial charge in [-0.05, 0) is 90.4 Å². The number of carbonyl (C=O) groups is 5. The molecule has 48 heavy (non-hydrogen) atoms. The summed E-state index contributed by atoms with van der Waals surface area (Å²) < 4.78 is 31.2. The first-order valence-corrected chi connectivity index (χ1v) is 19.1. The summed E-state index contributed by atoms with van der Waals surface area (Å²) >= 11 is 1.97. The Morgan fingerprint density at radius 2 is 1.60 bits per heavy atom. The van der Waals surface area contributed by atoms with Crippen LogP contribution in [0, 0.1) is 5.82 Å². The molecule has 0 saturated carbocycles. The summed E-state index contributed by atoms with van der Waals surface area (Å²) in [7, 11) is -1.10. The van der Waals surface area contributed by atoms with Gasteiger partial charge in [-0.15, -0.1) is 0 Å². The van der Waals surface area contributed by atoms with Gasteiger partial charge >= 0.3 is 5.97 Å². The zero-order chi connectivity index (χ0) is 35.4. The van der Waals surface area contributed by atoms with E-state index in [0.29, 0.717) is 10.5 Å². The maximum absolute atomic E-state index is 14.4. The van der Waals surface area contributed by atoms with Crippen molar-refractivity contribution < 1.29 is 37.3 Å². The highest BCUT2D eigenvalue weighted by Crippen LogP contribution is 2.44. The van der Waals surface area contributed by atoms with Gasteiger partial charge in [0.25, 0.3) is 0 Å². The fourth-order valence-electron chi connectivity index (χ4n) is 5.05. The minimum atomic E-state index is -1.10. The van der Waals surface area contributed by atoms with Crippen molar-refractivity contribution in [1.29, 1.82) is 0 Å². The molecule has 13 heteroatoms. The van der Waals surface area contributed by atoms with Crippen LogP contribution in [0.3, 0.4) is 0 Å². The molecule has 258 valence electrons. The van der Waals surface area contributed by atoms with Crippen molar-refractivity contribution in [3.05, 3.63) is 70.5 Å². The molecule has 2 amide bonds. The third kappa shape index (κ3) is 11.3. The summed E-state index contributed by atoms with van der Waals surface area (Å²) in [6, 6.07) is 10.1. The summed E-state index contributed by atoms with van der Waals surface area (Å²) in [5.74, 6) is -1.24. The van der Waals surface area contributed by atoms with Crippen LogP contribution in [0.2, 0.25) is 0 Å². The molecule has 0 radical (unpaired) electrons. The number of allylic oxidation sites excluding steroid dienone is 3. The predicted octanol–water partition coefficient (Wildman–Crippen LogP) is 5.54. The average Bonchev–Trinajstić information content (AvgIpc) is 3.28. The van der Waals surface area contributed by atoms with Crippen LogP contribution in [0.5, 0.6) is 0 Å². The zero-order valence-corrected chi connectivity index (χ0v) is 30.1. The smallest absolute Gasteiger partial charge is 0.328 e. The van der Waals surface area contributed by atoms with Gasteiger partial charge in [0.2, 0.25) is 16.9 Å². The summed E-state index contributed by atoms with van der Waals surface area (Å²) in [4.78, 5) is 62.9. The molecule has 3 unspecified atom stereocenters. The topological polar surface area (TPSA) is 136 Å². The van der Waals surface area contributed by atoms with Crippen LogP contribution < -0.4 is 10.6 Å². The Morgan fingerprint density at radius 1 is 0.938 bits per heavy atom. The Balaban J connectivity index is 1.65. The van der Waals surface area contributed by atoms with Gasteiger partial charge in [-0.3, -0.25) is 23.4 Å². The highest BCUT2D eigenvalue weighted by molar-refractivity contribution is 8.14. The molecule has 0 heterocycles. The lowest BCUT2D eigenvalue weighted by molar-refractivity contribution is -0.147. The van der Waals surface area contributed by atoms with Crippen molar-refractivity contribution >= 4 is 79.6 Å². The van der Waals surface area contributed by atoms with Gasteiger partial charge in [0.05, 0.1) is 12.6 Å². The normalized spacial score (nSPS) is 15.0. The van der Waals surface area contributed by atoms with Gasteiger partial charge in [0.1, 0.15) is 11.9 Å². The first kappa shape index (κ1) is 38.9. The first-order valence-electron chi connectivity index (χ1n) is 15.5. The van der Waals surface area contributed by atoms with E-state index in [-0.39, 0.29) is 59.9 Å². The maximum atomic E-state index is 14.4. The molecule has 9 nitrogen and oxygen atoms in total. The number of halogens is 1. The molecule has 0 saturated heterocycles. The Kier molecular flexibility index (Phi) is 15.3. The SMILES string of the molecule is CCOC(=O)C(CCSC(=O)C(CCSC(=O)CC1=C(C)/C(=C/c2ccc(S(C)=O)cc2)c2ccc(F)cc21)NC(C)=O)NC(=O)CC. The van der Waals surface area contributed by atoms with Crippen molar-refractivity contribution in [1.82, 2.24) is 10.6 Å². The lowest BCUT2D eigenvalue weighted by Gasteiger charge is -2.18. The monoisotopic (exact) mass is 716 g/mol. The van der Waals surface area contributed by atoms with E-state index < -0.39 is 40.6 Å². The number of benzene rings is 2. The van der Waals surface area contributed by atoms with Gasteiger partial charge in [0.15, 0.2) is 5.12 Å². The van der Waals surface area contributed by atoms with Gasteiger partial charge in [0, 0.05) is 53.2 Å². The highest BCUT2D eigenvalue weighted by atomic mass is 32.2. The number of thioether (sulfide) groups is 2. The van der Waals surface area contributed by atoms with Gasteiger partial charge < -0.3 is 15.4 Å². The lowest BCUT2D eigenvalue weighted by atomic mass is 10.0. The molecule has 2 N–H and O–H groups in total. The third-order valence-corrected chi connectivity index (χ3v) is 10.4. The van der Waals surface area contributed by atoms with E-state index in [0.717, 1.165) is 51.4 Å². The standard InChI is InChI=1S/C35H41FN2O7S3/c1-6-32(40)38-30(34(42)45-7-2)14-17-47-35(43)31(37-22(4)39)15-16-46-33(41)20-28-21(3)27(26-13-10-24(36)19-29(26)28)18-23-8-11-25(12-9-23)48(5)44/h8-13,18-19,30-31H,6-7,14-17,20H2,1-5H3,(H,37,39)(H,38,40)/b27-18-. The molecule has 0 aromatic heterocycles. The van der Waals surface area contributed by atoms with Crippen LogP contribution in [-0.4, -0.2) is 68.7 Å². The quantitative estimate of drug-likeness (QED) is 0.215. The number of amides is 2. The average molecular weight is 717 g/mol.